The quantitative estimate of drug-likeness (QED) is 0.718. The van der Waals surface area contributed by atoms with Crippen LogP contribution in [0.3, 0.4) is 0 Å². The third-order valence-corrected chi connectivity index (χ3v) is 6.11. The molecule has 1 atom stereocenters. The van der Waals surface area contributed by atoms with Gasteiger partial charge in [0.25, 0.3) is 5.91 Å². The number of carbonyl (C=O) groups is 2. The molecule has 3 aliphatic rings. The minimum Gasteiger partial charge on any atom is -0.494 e. The first-order valence-corrected chi connectivity index (χ1v) is 11.0. The molecule has 2 heterocycles. The Bertz CT molecular complexity index is 1200. The highest BCUT2D eigenvalue weighted by Gasteiger charge is 2.27. The van der Waals surface area contributed by atoms with Crippen molar-refractivity contribution in [3.63, 3.8) is 0 Å². The van der Waals surface area contributed by atoms with Crippen LogP contribution in [0.4, 0.5) is 5.69 Å². The number of carbonyl (C=O) groups excluding carboxylic acids is 2. The molecule has 1 unspecified atom stereocenters. The minimum atomic E-state index is -0.307. The average molecular weight is 425 g/mol. The summed E-state index contributed by atoms with van der Waals surface area (Å²) in [5.74, 6) is 0.433. The Balaban J connectivity index is 1.33. The summed E-state index contributed by atoms with van der Waals surface area (Å²) in [6.07, 6.45) is 10.5. The van der Waals surface area contributed by atoms with Gasteiger partial charge >= 0.3 is 0 Å². The molecular formula is C27H24N2O3. The molecule has 0 saturated carbocycles. The number of hydrogen-bond acceptors (Lipinski definition) is 3. The molecule has 5 heteroatoms. The van der Waals surface area contributed by atoms with E-state index >= 15 is 0 Å². The van der Waals surface area contributed by atoms with E-state index in [1.807, 2.05) is 72.5 Å². The van der Waals surface area contributed by atoms with Crippen LogP contribution in [0, 0.1) is 5.92 Å². The summed E-state index contributed by atoms with van der Waals surface area (Å²) in [5.41, 5.74) is 6.00. The van der Waals surface area contributed by atoms with E-state index in [1.165, 1.54) is 5.56 Å². The van der Waals surface area contributed by atoms with Crippen molar-refractivity contribution in [2.45, 2.75) is 19.8 Å². The van der Waals surface area contributed by atoms with Crippen LogP contribution in [-0.2, 0) is 22.4 Å². The number of nitrogens with zero attached hydrogens (tertiary/aromatic N) is 2. The lowest BCUT2D eigenvalue weighted by Crippen LogP contribution is -2.30. The number of fused-ring (bicyclic) bond motifs is 2. The van der Waals surface area contributed by atoms with Gasteiger partial charge in [0.2, 0.25) is 5.91 Å². The van der Waals surface area contributed by atoms with Crippen LogP contribution >= 0.6 is 0 Å². The van der Waals surface area contributed by atoms with Gasteiger partial charge in [-0.15, -0.1) is 0 Å². The SMILES string of the molecule is CCOc1ccc2c(c1)N(C(=O)Cc1ccc(C3=C4C=CC=CC4C(=O)N=C3)cc1)CC2. The zero-order valence-corrected chi connectivity index (χ0v) is 18.0. The predicted molar refractivity (Wildman–Crippen MR) is 126 cm³/mol. The normalized spacial score (nSPS) is 18.7. The lowest BCUT2D eigenvalue weighted by molar-refractivity contribution is -0.119. The average Bonchev–Trinajstić information content (AvgIpc) is 3.24. The fourth-order valence-electron chi connectivity index (χ4n) is 4.49. The zero-order chi connectivity index (χ0) is 22.1. The van der Waals surface area contributed by atoms with E-state index in [4.69, 9.17) is 4.74 Å². The number of benzene rings is 2. The Labute approximate surface area is 187 Å². The number of amides is 2. The molecule has 1 aliphatic carbocycles. The van der Waals surface area contributed by atoms with Crippen LogP contribution in [0.25, 0.3) is 5.57 Å². The van der Waals surface area contributed by atoms with E-state index in [2.05, 4.69) is 11.1 Å². The van der Waals surface area contributed by atoms with E-state index in [-0.39, 0.29) is 17.7 Å². The maximum absolute atomic E-state index is 13.1. The van der Waals surface area contributed by atoms with E-state index in [0.29, 0.717) is 19.6 Å². The largest absolute Gasteiger partial charge is 0.494 e. The Hall–Kier alpha value is -3.73. The maximum atomic E-state index is 13.1. The van der Waals surface area contributed by atoms with Gasteiger partial charge in [0, 0.05) is 24.4 Å². The summed E-state index contributed by atoms with van der Waals surface area (Å²) in [4.78, 5) is 31.1. The molecule has 0 bridgehead atoms. The molecule has 5 nitrogen and oxygen atoms in total. The zero-order valence-electron chi connectivity index (χ0n) is 18.0. The van der Waals surface area contributed by atoms with Crippen molar-refractivity contribution in [1.29, 1.82) is 0 Å². The van der Waals surface area contributed by atoms with Crippen LogP contribution in [0.5, 0.6) is 5.75 Å². The molecule has 2 aromatic carbocycles. The summed E-state index contributed by atoms with van der Waals surface area (Å²) >= 11 is 0. The van der Waals surface area contributed by atoms with Gasteiger partial charge in [-0.1, -0.05) is 54.6 Å². The second-order valence-corrected chi connectivity index (χ2v) is 8.08. The van der Waals surface area contributed by atoms with Crippen LogP contribution in [-0.4, -0.2) is 31.2 Å². The van der Waals surface area contributed by atoms with Crippen molar-refractivity contribution in [1.82, 2.24) is 0 Å². The molecule has 0 saturated heterocycles. The second kappa shape index (κ2) is 8.42. The molecule has 2 amide bonds. The monoisotopic (exact) mass is 424 g/mol. The third kappa shape index (κ3) is 3.71. The summed E-state index contributed by atoms with van der Waals surface area (Å²) < 4.78 is 5.61. The molecular weight excluding hydrogens is 400 g/mol. The number of rotatable bonds is 5. The number of aliphatic imine (C=N–C) groups is 1. The summed E-state index contributed by atoms with van der Waals surface area (Å²) in [6, 6.07) is 14.0. The molecule has 5 rings (SSSR count). The van der Waals surface area contributed by atoms with E-state index in [9.17, 15) is 9.59 Å². The van der Waals surface area contributed by atoms with Gasteiger partial charge in [0.05, 0.1) is 24.6 Å². The van der Waals surface area contributed by atoms with E-state index in [1.54, 1.807) is 6.21 Å². The second-order valence-electron chi connectivity index (χ2n) is 8.08. The number of dihydropyridines is 1. The Kier molecular flexibility index (Phi) is 5.31. The highest BCUT2D eigenvalue weighted by molar-refractivity contribution is 6.19. The molecule has 0 spiro atoms. The third-order valence-electron chi connectivity index (χ3n) is 6.11. The Morgan fingerprint density at radius 3 is 2.81 bits per heavy atom. The topological polar surface area (TPSA) is 59.0 Å². The molecule has 2 aliphatic heterocycles. The van der Waals surface area contributed by atoms with Gasteiger partial charge in [0.15, 0.2) is 0 Å². The first kappa shape index (κ1) is 20.2. The molecule has 160 valence electrons. The fourth-order valence-corrected chi connectivity index (χ4v) is 4.49. The van der Waals surface area contributed by atoms with Gasteiger partial charge in [-0.2, -0.15) is 0 Å². The smallest absolute Gasteiger partial charge is 0.257 e. The highest BCUT2D eigenvalue weighted by atomic mass is 16.5. The van der Waals surface area contributed by atoms with Crippen molar-refractivity contribution >= 4 is 29.3 Å². The van der Waals surface area contributed by atoms with Crippen LogP contribution in [0.1, 0.15) is 23.6 Å². The first-order chi connectivity index (χ1) is 15.6. The van der Waals surface area contributed by atoms with Crippen molar-refractivity contribution in [3.8, 4) is 5.75 Å². The highest BCUT2D eigenvalue weighted by Crippen LogP contribution is 2.33. The Morgan fingerprint density at radius 1 is 1.16 bits per heavy atom. The molecule has 0 aromatic heterocycles. The van der Waals surface area contributed by atoms with Crippen molar-refractivity contribution in [3.05, 3.63) is 89.0 Å². The molecule has 0 radical (unpaired) electrons. The molecule has 0 N–H and O–H groups in total. The Morgan fingerprint density at radius 2 is 2.00 bits per heavy atom. The number of anilines is 1. The molecule has 2 aromatic rings. The minimum absolute atomic E-state index is 0.0809. The van der Waals surface area contributed by atoms with Crippen molar-refractivity contribution in [2.24, 2.45) is 10.9 Å². The lowest BCUT2D eigenvalue weighted by atomic mass is 9.85. The standard InChI is InChI=1S/C27H24N2O3/c1-2-32-21-12-11-20-13-14-29(25(20)16-21)26(30)15-18-7-9-19(10-8-18)24-17-28-27(31)23-6-4-3-5-22(23)24/h3-12,16-17,23H,2,13-15H2,1H3. The lowest BCUT2D eigenvalue weighted by Gasteiger charge is -2.21. The first-order valence-electron chi connectivity index (χ1n) is 11.0. The number of allylic oxidation sites excluding steroid dienone is 4. The molecule has 32 heavy (non-hydrogen) atoms. The van der Waals surface area contributed by atoms with Gasteiger partial charge in [0.1, 0.15) is 5.75 Å². The fraction of sp³-hybridized carbons (Fsp3) is 0.222. The van der Waals surface area contributed by atoms with Crippen molar-refractivity contribution < 1.29 is 14.3 Å². The van der Waals surface area contributed by atoms with E-state index in [0.717, 1.165) is 40.1 Å². The van der Waals surface area contributed by atoms with Gasteiger partial charge in [-0.25, -0.2) is 4.99 Å². The summed E-state index contributed by atoms with van der Waals surface area (Å²) in [6.45, 7) is 3.25. The van der Waals surface area contributed by atoms with Crippen LogP contribution in [0.2, 0.25) is 0 Å². The maximum Gasteiger partial charge on any atom is 0.257 e. The van der Waals surface area contributed by atoms with E-state index < -0.39 is 0 Å². The molecule has 0 fully saturated rings. The van der Waals surface area contributed by atoms with Crippen molar-refractivity contribution in [2.75, 3.05) is 18.1 Å². The van der Waals surface area contributed by atoms with Crippen LogP contribution in [0.15, 0.2) is 77.3 Å². The predicted octanol–water partition coefficient (Wildman–Crippen LogP) is 4.32. The number of ether oxygens (including phenoxy) is 1. The van der Waals surface area contributed by atoms with Gasteiger partial charge in [-0.3, -0.25) is 9.59 Å². The van der Waals surface area contributed by atoms with Crippen LogP contribution < -0.4 is 9.64 Å². The van der Waals surface area contributed by atoms with Gasteiger partial charge in [-0.05, 0) is 41.7 Å². The number of hydrogen-bond donors (Lipinski definition) is 0. The summed E-state index contributed by atoms with van der Waals surface area (Å²) in [5, 5.41) is 0. The summed E-state index contributed by atoms with van der Waals surface area (Å²) in [7, 11) is 0. The van der Waals surface area contributed by atoms with Gasteiger partial charge < -0.3 is 9.64 Å².